The fraction of sp³-hybridized carbons (Fsp3) is 0.364. The van der Waals surface area contributed by atoms with Gasteiger partial charge in [0.05, 0.1) is 5.02 Å². The van der Waals surface area contributed by atoms with E-state index >= 15 is 0 Å². The van der Waals surface area contributed by atoms with Crippen molar-refractivity contribution in [1.29, 1.82) is 0 Å². The van der Waals surface area contributed by atoms with Crippen molar-refractivity contribution in [2.45, 2.75) is 19.4 Å². The van der Waals surface area contributed by atoms with E-state index in [1.165, 1.54) is 0 Å². The molecule has 1 rings (SSSR count). The van der Waals surface area contributed by atoms with Gasteiger partial charge in [-0.2, -0.15) is 0 Å². The Morgan fingerprint density at radius 1 is 1.59 bits per heavy atom. The van der Waals surface area contributed by atoms with Gasteiger partial charge in [-0.15, -0.1) is 0 Å². The van der Waals surface area contributed by atoms with Crippen LogP contribution in [0.15, 0.2) is 22.7 Å². The van der Waals surface area contributed by atoms with Gasteiger partial charge in [0.15, 0.2) is 0 Å². The molecule has 3 N–H and O–H groups in total. The number of aliphatic hydroxyl groups excluding tert-OH is 1. The van der Waals surface area contributed by atoms with E-state index in [1.807, 2.05) is 6.92 Å². The summed E-state index contributed by atoms with van der Waals surface area (Å²) in [5, 5.41) is 14.7. The SMILES string of the molecule is C[C@@H](CCO)NC(=O)Nc1ccc(Cl)c(Br)c1. The molecule has 17 heavy (non-hydrogen) atoms. The normalized spacial score (nSPS) is 12.0. The van der Waals surface area contributed by atoms with E-state index in [-0.39, 0.29) is 18.7 Å². The summed E-state index contributed by atoms with van der Waals surface area (Å²) in [5.74, 6) is 0. The monoisotopic (exact) mass is 320 g/mol. The number of carbonyl (C=O) groups is 1. The standard InChI is InChI=1S/C11H14BrClN2O2/c1-7(4-5-16)14-11(17)15-8-2-3-10(13)9(12)6-8/h2-3,6-7,16H,4-5H2,1H3,(H2,14,15,17)/t7-/m0/s1. The van der Waals surface area contributed by atoms with Gasteiger partial charge in [-0.1, -0.05) is 11.6 Å². The van der Waals surface area contributed by atoms with E-state index < -0.39 is 0 Å². The van der Waals surface area contributed by atoms with E-state index in [4.69, 9.17) is 16.7 Å². The Morgan fingerprint density at radius 3 is 2.88 bits per heavy atom. The number of anilines is 1. The Balaban J connectivity index is 2.53. The van der Waals surface area contributed by atoms with Gasteiger partial charge in [0, 0.05) is 22.8 Å². The minimum atomic E-state index is -0.305. The minimum absolute atomic E-state index is 0.0495. The molecule has 0 heterocycles. The molecule has 0 bridgehead atoms. The highest BCUT2D eigenvalue weighted by Crippen LogP contribution is 2.25. The summed E-state index contributed by atoms with van der Waals surface area (Å²) in [6, 6.07) is 4.75. The number of hydrogen-bond donors (Lipinski definition) is 3. The van der Waals surface area contributed by atoms with Gasteiger partial charge in [0.25, 0.3) is 0 Å². The summed E-state index contributed by atoms with van der Waals surface area (Å²) in [7, 11) is 0. The van der Waals surface area contributed by atoms with Crippen molar-refractivity contribution >= 4 is 39.2 Å². The highest BCUT2D eigenvalue weighted by atomic mass is 79.9. The second kappa shape index (κ2) is 6.83. The van der Waals surface area contributed by atoms with Crippen molar-refractivity contribution in [2.75, 3.05) is 11.9 Å². The Bertz CT molecular complexity index is 401. The van der Waals surface area contributed by atoms with Gasteiger partial charge < -0.3 is 15.7 Å². The molecule has 0 unspecified atom stereocenters. The average molecular weight is 322 g/mol. The smallest absolute Gasteiger partial charge is 0.319 e. The van der Waals surface area contributed by atoms with Crippen LogP contribution in [0, 0.1) is 0 Å². The zero-order chi connectivity index (χ0) is 12.8. The summed E-state index contributed by atoms with van der Waals surface area (Å²) < 4.78 is 0.723. The molecule has 2 amide bonds. The second-order valence-corrected chi connectivity index (χ2v) is 4.90. The molecule has 94 valence electrons. The van der Waals surface area contributed by atoms with Crippen molar-refractivity contribution in [3.05, 3.63) is 27.7 Å². The highest BCUT2D eigenvalue weighted by Gasteiger charge is 2.07. The molecular formula is C11H14BrClN2O2. The zero-order valence-electron chi connectivity index (χ0n) is 9.34. The number of nitrogens with one attached hydrogen (secondary N) is 2. The van der Waals surface area contributed by atoms with Gasteiger partial charge in [0.2, 0.25) is 0 Å². The second-order valence-electron chi connectivity index (χ2n) is 3.64. The van der Waals surface area contributed by atoms with Crippen molar-refractivity contribution < 1.29 is 9.90 Å². The van der Waals surface area contributed by atoms with E-state index in [0.29, 0.717) is 17.1 Å². The lowest BCUT2D eigenvalue weighted by Crippen LogP contribution is -2.36. The van der Waals surface area contributed by atoms with Gasteiger partial charge >= 0.3 is 6.03 Å². The molecule has 0 aliphatic rings. The number of halogens is 2. The Kier molecular flexibility index (Phi) is 5.74. The molecule has 0 saturated heterocycles. The van der Waals surface area contributed by atoms with Crippen LogP contribution in [-0.2, 0) is 0 Å². The maximum atomic E-state index is 11.5. The van der Waals surface area contributed by atoms with E-state index in [1.54, 1.807) is 18.2 Å². The molecule has 0 spiro atoms. The van der Waals surface area contributed by atoms with Crippen LogP contribution >= 0.6 is 27.5 Å². The van der Waals surface area contributed by atoms with Crippen molar-refractivity contribution in [3.8, 4) is 0 Å². The van der Waals surface area contributed by atoms with Crippen LogP contribution in [-0.4, -0.2) is 23.8 Å². The van der Waals surface area contributed by atoms with Gasteiger partial charge in [-0.05, 0) is 47.5 Å². The molecular weight excluding hydrogens is 307 g/mol. The Morgan fingerprint density at radius 2 is 2.29 bits per heavy atom. The highest BCUT2D eigenvalue weighted by molar-refractivity contribution is 9.10. The first-order valence-corrected chi connectivity index (χ1v) is 6.33. The van der Waals surface area contributed by atoms with Crippen LogP contribution in [0.4, 0.5) is 10.5 Å². The van der Waals surface area contributed by atoms with Gasteiger partial charge in [-0.25, -0.2) is 4.79 Å². The summed E-state index contributed by atoms with van der Waals surface area (Å²) in [4.78, 5) is 11.5. The maximum absolute atomic E-state index is 11.5. The third-order valence-electron chi connectivity index (χ3n) is 2.12. The lowest BCUT2D eigenvalue weighted by atomic mass is 10.2. The number of hydrogen-bond acceptors (Lipinski definition) is 2. The molecule has 0 radical (unpaired) electrons. The molecule has 1 aromatic rings. The van der Waals surface area contributed by atoms with E-state index in [2.05, 4.69) is 26.6 Å². The Hall–Kier alpha value is -0.780. The molecule has 1 atom stereocenters. The van der Waals surface area contributed by atoms with Crippen LogP contribution in [0.1, 0.15) is 13.3 Å². The Labute approximate surface area is 113 Å². The molecule has 0 fully saturated rings. The van der Waals surface area contributed by atoms with Crippen LogP contribution in [0.25, 0.3) is 0 Å². The molecule has 0 aromatic heterocycles. The first kappa shape index (κ1) is 14.3. The third-order valence-corrected chi connectivity index (χ3v) is 3.33. The number of aliphatic hydroxyl groups is 1. The third kappa shape index (κ3) is 4.93. The summed E-state index contributed by atoms with van der Waals surface area (Å²) in [6.45, 7) is 1.88. The number of benzene rings is 1. The van der Waals surface area contributed by atoms with Crippen LogP contribution in [0.2, 0.25) is 5.02 Å². The molecule has 0 aliphatic carbocycles. The van der Waals surface area contributed by atoms with Crippen molar-refractivity contribution in [3.63, 3.8) is 0 Å². The van der Waals surface area contributed by atoms with Crippen molar-refractivity contribution in [1.82, 2.24) is 5.32 Å². The van der Waals surface area contributed by atoms with Crippen molar-refractivity contribution in [2.24, 2.45) is 0 Å². The molecule has 0 saturated carbocycles. The predicted molar refractivity (Wildman–Crippen MR) is 72.5 cm³/mol. The van der Waals surface area contributed by atoms with Crippen LogP contribution in [0.5, 0.6) is 0 Å². The summed E-state index contributed by atoms with van der Waals surface area (Å²) in [6.07, 6.45) is 0.526. The first-order valence-electron chi connectivity index (χ1n) is 5.16. The number of amides is 2. The van der Waals surface area contributed by atoms with Gasteiger partial charge in [-0.3, -0.25) is 0 Å². The van der Waals surface area contributed by atoms with Crippen LogP contribution in [0.3, 0.4) is 0 Å². The van der Waals surface area contributed by atoms with Crippen LogP contribution < -0.4 is 10.6 Å². The number of carbonyl (C=O) groups excluding carboxylic acids is 1. The zero-order valence-corrected chi connectivity index (χ0v) is 11.7. The maximum Gasteiger partial charge on any atom is 0.319 e. The average Bonchev–Trinajstić information content (AvgIpc) is 2.23. The summed E-state index contributed by atoms with van der Waals surface area (Å²) in [5.41, 5.74) is 0.648. The molecule has 4 nitrogen and oxygen atoms in total. The number of rotatable bonds is 4. The molecule has 6 heteroatoms. The fourth-order valence-corrected chi connectivity index (χ4v) is 1.73. The predicted octanol–water partition coefficient (Wildman–Crippen LogP) is 2.99. The van der Waals surface area contributed by atoms with E-state index in [9.17, 15) is 4.79 Å². The van der Waals surface area contributed by atoms with E-state index in [0.717, 1.165) is 4.47 Å². The fourth-order valence-electron chi connectivity index (χ4n) is 1.23. The lowest BCUT2D eigenvalue weighted by molar-refractivity contribution is 0.241. The summed E-state index contributed by atoms with van der Waals surface area (Å²) >= 11 is 9.11. The molecule has 1 aromatic carbocycles. The first-order chi connectivity index (χ1) is 8.02. The molecule has 0 aliphatic heterocycles. The lowest BCUT2D eigenvalue weighted by Gasteiger charge is -2.13. The number of urea groups is 1. The minimum Gasteiger partial charge on any atom is -0.396 e. The largest absolute Gasteiger partial charge is 0.396 e. The quantitative estimate of drug-likeness (QED) is 0.798. The topological polar surface area (TPSA) is 61.4 Å². The van der Waals surface area contributed by atoms with Gasteiger partial charge in [0.1, 0.15) is 0 Å².